The van der Waals surface area contributed by atoms with Crippen LogP contribution in [-0.2, 0) is 9.59 Å². The Morgan fingerprint density at radius 1 is 1.12 bits per heavy atom. The van der Waals surface area contributed by atoms with Crippen LogP contribution >= 0.6 is 11.8 Å². The summed E-state index contributed by atoms with van der Waals surface area (Å²) in [6.45, 7) is 5.53. The summed E-state index contributed by atoms with van der Waals surface area (Å²) >= 11 is 1.25. The lowest BCUT2D eigenvalue weighted by Crippen LogP contribution is -2.37. The highest BCUT2D eigenvalue weighted by Gasteiger charge is 2.16. The molecule has 0 radical (unpaired) electrons. The van der Waals surface area contributed by atoms with E-state index < -0.39 is 0 Å². The fourth-order valence-corrected chi connectivity index (χ4v) is 2.81. The van der Waals surface area contributed by atoms with Crippen LogP contribution in [0.4, 0.5) is 5.69 Å². The van der Waals surface area contributed by atoms with Gasteiger partial charge in [-0.15, -0.1) is 0 Å². The number of para-hydroxylation sites is 1. The highest BCUT2D eigenvalue weighted by Crippen LogP contribution is 2.19. The Balaban J connectivity index is 1.84. The molecule has 6 nitrogen and oxygen atoms in total. The predicted molar refractivity (Wildman–Crippen MR) is 94.9 cm³/mol. The molecule has 0 unspecified atom stereocenters. The van der Waals surface area contributed by atoms with Crippen molar-refractivity contribution < 1.29 is 9.59 Å². The van der Waals surface area contributed by atoms with Crippen molar-refractivity contribution in [3.05, 3.63) is 47.8 Å². The number of hydrogen-bond donors (Lipinski definition) is 2. The van der Waals surface area contributed by atoms with Crippen molar-refractivity contribution in [2.75, 3.05) is 11.9 Å². The number of amides is 2. The number of hydrogen-bond acceptors (Lipinski definition) is 5. The molecule has 1 aromatic heterocycles. The molecule has 0 aliphatic carbocycles. The molecule has 126 valence electrons. The van der Waals surface area contributed by atoms with E-state index in [4.69, 9.17) is 0 Å². The first-order valence-corrected chi connectivity index (χ1v) is 8.43. The first-order chi connectivity index (χ1) is 11.5. The summed E-state index contributed by atoms with van der Waals surface area (Å²) < 4.78 is 0. The van der Waals surface area contributed by atoms with Gasteiger partial charge in [-0.1, -0.05) is 30.0 Å². The van der Waals surface area contributed by atoms with Gasteiger partial charge in [-0.05, 0) is 38.0 Å². The second-order valence-corrected chi connectivity index (χ2v) is 6.63. The van der Waals surface area contributed by atoms with Crippen molar-refractivity contribution in [1.29, 1.82) is 0 Å². The molecule has 1 atom stereocenters. The van der Waals surface area contributed by atoms with Gasteiger partial charge < -0.3 is 10.6 Å². The average Bonchev–Trinajstić information content (AvgIpc) is 2.57. The van der Waals surface area contributed by atoms with Crippen LogP contribution in [-0.4, -0.2) is 33.6 Å². The number of nitrogens with one attached hydrogen (secondary N) is 2. The van der Waals surface area contributed by atoms with Crippen LogP contribution in [0.2, 0.25) is 0 Å². The van der Waals surface area contributed by atoms with Crippen molar-refractivity contribution in [3.8, 4) is 0 Å². The second-order valence-electron chi connectivity index (χ2n) is 5.32. The maximum Gasteiger partial charge on any atom is 0.243 e. The van der Waals surface area contributed by atoms with E-state index in [0.29, 0.717) is 5.16 Å². The standard InChI is InChI=1S/C17H20N4O2S/c1-11-6-4-7-12(2)15(11)21-14(22)10-20-16(23)13(3)24-17-18-8-5-9-19-17/h4-9,13H,10H2,1-3H3,(H,20,23)(H,21,22)/t13-/m1/s1. The van der Waals surface area contributed by atoms with E-state index >= 15 is 0 Å². The quantitative estimate of drug-likeness (QED) is 0.621. The van der Waals surface area contributed by atoms with E-state index in [1.165, 1.54) is 11.8 Å². The van der Waals surface area contributed by atoms with Gasteiger partial charge in [-0.3, -0.25) is 9.59 Å². The minimum absolute atomic E-state index is 0.0762. The minimum Gasteiger partial charge on any atom is -0.346 e. The third-order valence-electron chi connectivity index (χ3n) is 3.36. The average molecular weight is 344 g/mol. The molecule has 2 aromatic rings. The molecule has 1 heterocycles. The molecule has 2 rings (SSSR count). The number of thioether (sulfide) groups is 1. The van der Waals surface area contributed by atoms with Gasteiger partial charge in [-0.25, -0.2) is 9.97 Å². The Hall–Kier alpha value is -2.41. The summed E-state index contributed by atoms with van der Waals surface area (Å²) in [6, 6.07) is 7.51. The zero-order valence-electron chi connectivity index (χ0n) is 13.9. The lowest BCUT2D eigenvalue weighted by Gasteiger charge is -2.13. The predicted octanol–water partition coefficient (Wildman–Crippen LogP) is 2.33. The molecular weight excluding hydrogens is 324 g/mol. The third-order valence-corrected chi connectivity index (χ3v) is 4.35. The fraction of sp³-hybridized carbons (Fsp3) is 0.294. The summed E-state index contributed by atoms with van der Waals surface area (Å²) in [5.74, 6) is -0.488. The third kappa shape index (κ3) is 5.06. The van der Waals surface area contributed by atoms with Crippen molar-refractivity contribution in [2.24, 2.45) is 0 Å². The molecule has 0 saturated heterocycles. The normalized spacial score (nSPS) is 11.6. The number of anilines is 1. The second kappa shape index (κ2) is 8.44. The molecule has 7 heteroatoms. The van der Waals surface area contributed by atoms with E-state index in [1.54, 1.807) is 25.4 Å². The first-order valence-electron chi connectivity index (χ1n) is 7.55. The SMILES string of the molecule is Cc1cccc(C)c1NC(=O)CNC(=O)[C@@H](C)Sc1ncccn1. The maximum atomic E-state index is 12.1. The number of carbonyl (C=O) groups excluding carboxylic acids is 2. The number of rotatable bonds is 6. The fourth-order valence-electron chi connectivity index (χ4n) is 2.06. The molecule has 0 fully saturated rings. The van der Waals surface area contributed by atoms with Gasteiger partial charge in [0.05, 0.1) is 11.8 Å². The van der Waals surface area contributed by atoms with Crippen molar-refractivity contribution in [2.45, 2.75) is 31.2 Å². The molecule has 1 aromatic carbocycles. The van der Waals surface area contributed by atoms with Crippen LogP contribution in [0.3, 0.4) is 0 Å². The monoisotopic (exact) mass is 344 g/mol. The summed E-state index contributed by atoms with van der Waals surface area (Å²) in [7, 11) is 0. The molecule has 0 spiro atoms. The molecule has 0 aliphatic heterocycles. The van der Waals surface area contributed by atoms with Crippen LogP contribution in [0.25, 0.3) is 0 Å². The summed E-state index contributed by atoms with van der Waals surface area (Å²) in [5, 5.41) is 5.61. The highest BCUT2D eigenvalue weighted by molar-refractivity contribution is 8.00. The summed E-state index contributed by atoms with van der Waals surface area (Å²) in [6.07, 6.45) is 3.25. The minimum atomic E-state index is -0.389. The van der Waals surface area contributed by atoms with E-state index in [2.05, 4.69) is 20.6 Å². The Bertz CT molecular complexity index is 702. The van der Waals surface area contributed by atoms with Crippen molar-refractivity contribution in [1.82, 2.24) is 15.3 Å². The van der Waals surface area contributed by atoms with Gasteiger partial charge in [0.25, 0.3) is 0 Å². The van der Waals surface area contributed by atoms with Crippen molar-refractivity contribution in [3.63, 3.8) is 0 Å². The zero-order chi connectivity index (χ0) is 17.5. The first kappa shape index (κ1) is 17.9. The molecule has 24 heavy (non-hydrogen) atoms. The van der Waals surface area contributed by atoms with Gasteiger partial charge >= 0.3 is 0 Å². The van der Waals surface area contributed by atoms with Crippen LogP contribution in [0, 0.1) is 13.8 Å². The van der Waals surface area contributed by atoms with Crippen LogP contribution < -0.4 is 10.6 Å². The molecule has 2 N–H and O–H groups in total. The smallest absolute Gasteiger partial charge is 0.243 e. The summed E-state index contributed by atoms with van der Waals surface area (Å²) in [4.78, 5) is 32.2. The molecule has 0 saturated carbocycles. The highest BCUT2D eigenvalue weighted by atomic mass is 32.2. The number of aromatic nitrogens is 2. The van der Waals surface area contributed by atoms with Gasteiger partial charge in [-0.2, -0.15) is 0 Å². The van der Waals surface area contributed by atoms with Crippen LogP contribution in [0.5, 0.6) is 0 Å². The number of carbonyl (C=O) groups is 2. The Kier molecular flexibility index (Phi) is 6.31. The number of aryl methyl sites for hydroxylation is 2. The lowest BCUT2D eigenvalue weighted by atomic mass is 10.1. The topological polar surface area (TPSA) is 84.0 Å². The van der Waals surface area contributed by atoms with Gasteiger partial charge in [0.15, 0.2) is 5.16 Å². The van der Waals surface area contributed by atoms with Crippen LogP contribution in [0.15, 0.2) is 41.8 Å². The van der Waals surface area contributed by atoms with E-state index in [-0.39, 0.29) is 23.6 Å². The molecule has 0 bridgehead atoms. The lowest BCUT2D eigenvalue weighted by molar-refractivity contribution is -0.123. The number of benzene rings is 1. The molecule has 0 aliphatic rings. The van der Waals surface area contributed by atoms with E-state index in [1.807, 2.05) is 32.0 Å². The van der Waals surface area contributed by atoms with Gasteiger partial charge in [0, 0.05) is 18.1 Å². The van der Waals surface area contributed by atoms with E-state index in [9.17, 15) is 9.59 Å². The van der Waals surface area contributed by atoms with Gasteiger partial charge in [0.2, 0.25) is 11.8 Å². The van der Waals surface area contributed by atoms with Gasteiger partial charge in [0.1, 0.15) is 0 Å². The Morgan fingerprint density at radius 3 is 2.38 bits per heavy atom. The molecule has 2 amide bonds. The Labute approximate surface area is 145 Å². The largest absolute Gasteiger partial charge is 0.346 e. The molecular formula is C17H20N4O2S. The van der Waals surface area contributed by atoms with Crippen molar-refractivity contribution >= 4 is 29.3 Å². The number of nitrogens with zero attached hydrogens (tertiary/aromatic N) is 2. The zero-order valence-corrected chi connectivity index (χ0v) is 14.7. The Morgan fingerprint density at radius 2 is 1.75 bits per heavy atom. The van der Waals surface area contributed by atoms with E-state index in [0.717, 1.165) is 16.8 Å². The van der Waals surface area contributed by atoms with Crippen LogP contribution in [0.1, 0.15) is 18.1 Å². The maximum absolute atomic E-state index is 12.1. The summed E-state index contributed by atoms with van der Waals surface area (Å²) in [5.41, 5.74) is 2.76.